The molecule has 0 aromatic carbocycles. The molecule has 1 N–H and O–H groups in total. The highest BCUT2D eigenvalue weighted by Crippen LogP contribution is 2.30. The minimum atomic E-state index is 0. The molecule has 28 heavy (non-hydrogen) atoms. The molecular formula is C19H24ClN7S. The minimum absolute atomic E-state index is 0. The van der Waals surface area contributed by atoms with Gasteiger partial charge < -0.3 is 9.88 Å². The number of nitrogens with zero attached hydrogens (tertiary/aromatic N) is 6. The second kappa shape index (κ2) is 8.65. The average molecular weight is 418 g/mol. The molecule has 0 spiro atoms. The van der Waals surface area contributed by atoms with Gasteiger partial charge in [-0.2, -0.15) is 0 Å². The number of rotatable bonds is 4. The number of hydrogen-bond acceptors (Lipinski definition) is 7. The number of fused-ring (bicyclic) bond motifs is 1. The van der Waals surface area contributed by atoms with E-state index in [2.05, 4.69) is 34.9 Å². The largest absolute Gasteiger partial charge is 0.312 e. The van der Waals surface area contributed by atoms with Crippen LogP contribution in [-0.2, 0) is 19.6 Å². The van der Waals surface area contributed by atoms with Crippen molar-refractivity contribution >= 4 is 23.7 Å². The molecule has 3 aromatic heterocycles. The van der Waals surface area contributed by atoms with Crippen LogP contribution in [0.5, 0.6) is 0 Å². The lowest BCUT2D eigenvalue weighted by Gasteiger charge is -2.31. The van der Waals surface area contributed by atoms with Crippen molar-refractivity contribution in [2.75, 3.05) is 19.6 Å². The van der Waals surface area contributed by atoms with Gasteiger partial charge in [-0.15, -0.1) is 33.9 Å². The molecule has 0 atom stereocenters. The molecule has 148 valence electrons. The van der Waals surface area contributed by atoms with Crippen LogP contribution in [0.2, 0.25) is 0 Å². The maximum atomic E-state index is 4.56. The lowest BCUT2D eigenvalue weighted by Crippen LogP contribution is -2.34. The summed E-state index contributed by atoms with van der Waals surface area (Å²) >= 11 is 1.75. The van der Waals surface area contributed by atoms with E-state index >= 15 is 0 Å². The quantitative estimate of drug-likeness (QED) is 0.703. The molecule has 0 amide bonds. The third kappa shape index (κ3) is 3.96. The van der Waals surface area contributed by atoms with Crippen LogP contribution in [0.4, 0.5) is 0 Å². The van der Waals surface area contributed by atoms with E-state index in [4.69, 9.17) is 0 Å². The fourth-order valence-corrected chi connectivity index (χ4v) is 4.91. The normalized spacial score (nSPS) is 17.9. The average Bonchev–Trinajstić information content (AvgIpc) is 3.37. The molecule has 1 fully saturated rings. The van der Waals surface area contributed by atoms with E-state index in [1.165, 1.54) is 10.7 Å². The smallest absolute Gasteiger partial charge is 0.147 e. The predicted octanol–water partition coefficient (Wildman–Crippen LogP) is 2.70. The monoisotopic (exact) mass is 417 g/mol. The number of likely N-dealkylation sites (tertiary alicyclic amines) is 1. The molecule has 5 rings (SSSR count). The fraction of sp³-hybridized carbons (Fsp3) is 0.474. The summed E-state index contributed by atoms with van der Waals surface area (Å²) in [6, 6.07) is 5.96. The Kier molecular flexibility index (Phi) is 6.01. The second-order valence-corrected chi connectivity index (χ2v) is 8.32. The summed E-state index contributed by atoms with van der Waals surface area (Å²) in [6.45, 7) is 6.02. The molecule has 0 bridgehead atoms. The van der Waals surface area contributed by atoms with Crippen molar-refractivity contribution in [1.29, 1.82) is 0 Å². The zero-order valence-electron chi connectivity index (χ0n) is 15.6. The topological polar surface area (TPSA) is 71.8 Å². The summed E-state index contributed by atoms with van der Waals surface area (Å²) in [5.74, 6) is 2.82. The van der Waals surface area contributed by atoms with Gasteiger partial charge in [-0.25, -0.2) is 4.98 Å². The summed E-state index contributed by atoms with van der Waals surface area (Å²) in [5.41, 5.74) is 0.957. The number of hydrogen-bond donors (Lipinski definition) is 1. The van der Waals surface area contributed by atoms with Crippen LogP contribution in [0.1, 0.15) is 35.3 Å². The Morgan fingerprint density at radius 3 is 2.82 bits per heavy atom. The standard InChI is InChI=1S/C19H23N7S.ClH/c1-2-6-21-16(3-1)19-22-11-15(27-19)13-25-8-4-14(5-9-25)18-24-23-17-12-20-7-10-26(17)18;/h1-3,6,11,14,20H,4-5,7-10,12-13H2;1H. The maximum absolute atomic E-state index is 4.56. The van der Waals surface area contributed by atoms with Crippen LogP contribution in [-0.4, -0.2) is 49.3 Å². The first-order valence-corrected chi connectivity index (χ1v) is 10.4. The van der Waals surface area contributed by atoms with Gasteiger partial charge in [0.25, 0.3) is 0 Å². The molecule has 2 aliphatic rings. The highest BCUT2D eigenvalue weighted by molar-refractivity contribution is 7.14. The van der Waals surface area contributed by atoms with Crippen LogP contribution < -0.4 is 5.32 Å². The van der Waals surface area contributed by atoms with Gasteiger partial charge in [0, 0.05) is 42.8 Å². The first-order valence-electron chi connectivity index (χ1n) is 9.58. The number of nitrogens with one attached hydrogen (secondary N) is 1. The number of thiazole rings is 1. The van der Waals surface area contributed by atoms with Crippen molar-refractivity contribution in [3.05, 3.63) is 47.1 Å². The zero-order valence-corrected chi connectivity index (χ0v) is 17.3. The summed E-state index contributed by atoms with van der Waals surface area (Å²) in [7, 11) is 0. The van der Waals surface area contributed by atoms with Gasteiger partial charge in [-0.05, 0) is 38.1 Å². The fourth-order valence-electron chi connectivity index (χ4n) is 3.97. The zero-order chi connectivity index (χ0) is 18.1. The van der Waals surface area contributed by atoms with Gasteiger partial charge in [-0.1, -0.05) is 6.07 Å². The molecule has 0 unspecified atom stereocenters. The van der Waals surface area contributed by atoms with E-state index in [1.807, 2.05) is 30.6 Å². The van der Waals surface area contributed by atoms with Crippen molar-refractivity contribution in [3.8, 4) is 10.7 Å². The van der Waals surface area contributed by atoms with Gasteiger partial charge in [0.1, 0.15) is 16.7 Å². The molecule has 3 aromatic rings. The summed E-state index contributed by atoms with van der Waals surface area (Å²) < 4.78 is 2.33. The van der Waals surface area contributed by atoms with Gasteiger partial charge in [0.05, 0.1) is 12.2 Å². The van der Waals surface area contributed by atoms with Crippen molar-refractivity contribution in [2.45, 2.75) is 38.4 Å². The number of piperidine rings is 1. The minimum Gasteiger partial charge on any atom is -0.312 e. The van der Waals surface area contributed by atoms with Gasteiger partial charge in [-0.3, -0.25) is 9.88 Å². The Morgan fingerprint density at radius 1 is 1.11 bits per heavy atom. The third-order valence-electron chi connectivity index (χ3n) is 5.42. The maximum Gasteiger partial charge on any atom is 0.147 e. The lowest BCUT2D eigenvalue weighted by molar-refractivity contribution is 0.201. The Labute approximate surface area is 174 Å². The van der Waals surface area contributed by atoms with E-state index in [1.54, 1.807) is 11.3 Å². The van der Waals surface area contributed by atoms with Crippen molar-refractivity contribution < 1.29 is 0 Å². The number of halogens is 1. The third-order valence-corrected chi connectivity index (χ3v) is 6.43. The van der Waals surface area contributed by atoms with Crippen molar-refractivity contribution in [2.24, 2.45) is 0 Å². The van der Waals surface area contributed by atoms with Gasteiger partial charge in [0.15, 0.2) is 0 Å². The van der Waals surface area contributed by atoms with Gasteiger partial charge >= 0.3 is 0 Å². The number of pyridine rings is 1. The molecule has 0 aliphatic carbocycles. The molecule has 0 saturated carbocycles. The Hall–Kier alpha value is -1.87. The molecule has 5 heterocycles. The van der Waals surface area contributed by atoms with E-state index in [-0.39, 0.29) is 12.4 Å². The van der Waals surface area contributed by atoms with Crippen LogP contribution >= 0.6 is 23.7 Å². The molecule has 9 heteroatoms. The number of aromatic nitrogens is 5. The van der Waals surface area contributed by atoms with Crippen LogP contribution in [0.25, 0.3) is 10.7 Å². The lowest BCUT2D eigenvalue weighted by atomic mass is 9.95. The van der Waals surface area contributed by atoms with Crippen molar-refractivity contribution in [3.63, 3.8) is 0 Å². The molecule has 7 nitrogen and oxygen atoms in total. The van der Waals surface area contributed by atoms with E-state index in [0.717, 1.165) is 68.6 Å². The Morgan fingerprint density at radius 2 is 2.00 bits per heavy atom. The second-order valence-electron chi connectivity index (χ2n) is 7.20. The Balaban J connectivity index is 0.00000192. The summed E-state index contributed by atoms with van der Waals surface area (Å²) in [4.78, 5) is 12.8. The van der Waals surface area contributed by atoms with Crippen LogP contribution in [0, 0.1) is 0 Å². The van der Waals surface area contributed by atoms with Crippen LogP contribution in [0.15, 0.2) is 30.6 Å². The van der Waals surface area contributed by atoms with E-state index in [9.17, 15) is 0 Å². The predicted molar refractivity (Wildman–Crippen MR) is 112 cm³/mol. The Bertz CT molecular complexity index is 902. The highest BCUT2D eigenvalue weighted by atomic mass is 35.5. The van der Waals surface area contributed by atoms with Crippen molar-refractivity contribution in [1.82, 2.24) is 34.9 Å². The highest BCUT2D eigenvalue weighted by Gasteiger charge is 2.27. The molecular weight excluding hydrogens is 394 g/mol. The van der Waals surface area contributed by atoms with Crippen LogP contribution in [0.3, 0.4) is 0 Å². The van der Waals surface area contributed by atoms with E-state index < -0.39 is 0 Å². The summed E-state index contributed by atoms with van der Waals surface area (Å²) in [5, 5.41) is 13.2. The SMILES string of the molecule is Cl.c1ccc(-c2ncc(CN3CCC(c4nnc5n4CCNC5)CC3)s2)nc1. The first kappa shape index (κ1) is 19.4. The first-order chi connectivity index (χ1) is 13.4. The van der Waals surface area contributed by atoms with Gasteiger partial charge in [0.2, 0.25) is 0 Å². The molecule has 0 radical (unpaired) electrons. The molecule has 2 aliphatic heterocycles. The molecule has 1 saturated heterocycles. The summed E-state index contributed by atoms with van der Waals surface area (Å²) in [6.07, 6.45) is 6.12. The van der Waals surface area contributed by atoms with E-state index in [0.29, 0.717) is 5.92 Å².